The van der Waals surface area contributed by atoms with Crippen LogP contribution >= 0.6 is 0 Å². The maximum atomic E-state index is 12.5. The summed E-state index contributed by atoms with van der Waals surface area (Å²) in [6.07, 6.45) is 0. The molecule has 0 atom stereocenters. The van der Waals surface area contributed by atoms with E-state index >= 15 is 0 Å². The number of ketones is 1. The minimum Gasteiger partial charge on any atom is -0.487 e. The van der Waals surface area contributed by atoms with Crippen molar-refractivity contribution in [2.24, 2.45) is 0 Å². The maximum absolute atomic E-state index is 12.5. The first-order chi connectivity index (χ1) is 11.4. The summed E-state index contributed by atoms with van der Waals surface area (Å²) in [4.78, 5) is 24.1. The van der Waals surface area contributed by atoms with Gasteiger partial charge in [-0.15, -0.1) is 0 Å². The van der Waals surface area contributed by atoms with E-state index < -0.39 is 0 Å². The minimum atomic E-state index is -0.250. The van der Waals surface area contributed by atoms with E-state index in [1.54, 1.807) is 30.3 Å². The van der Waals surface area contributed by atoms with Crippen molar-refractivity contribution in [1.29, 1.82) is 0 Å². The van der Waals surface area contributed by atoms with E-state index in [-0.39, 0.29) is 11.7 Å². The van der Waals surface area contributed by atoms with E-state index in [4.69, 9.17) is 4.74 Å². The molecular formula is C20H21NO3. The molecule has 1 amide bonds. The van der Waals surface area contributed by atoms with Gasteiger partial charge in [-0.25, -0.2) is 0 Å². The lowest BCUT2D eigenvalue weighted by Gasteiger charge is -2.14. The highest BCUT2D eigenvalue weighted by molar-refractivity contribution is 6.06. The van der Waals surface area contributed by atoms with Gasteiger partial charge >= 0.3 is 0 Å². The molecule has 0 aliphatic heterocycles. The number of hydrogen-bond acceptors (Lipinski definition) is 3. The molecule has 2 aromatic rings. The number of hydrogen-bond donors (Lipinski definition) is 1. The Kier molecular flexibility index (Phi) is 5.53. The Labute approximate surface area is 142 Å². The van der Waals surface area contributed by atoms with Crippen molar-refractivity contribution in [3.63, 3.8) is 0 Å². The van der Waals surface area contributed by atoms with E-state index in [2.05, 4.69) is 11.9 Å². The van der Waals surface area contributed by atoms with Crippen LogP contribution in [0, 0.1) is 6.92 Å². The number of carbonyl (C=O) groups excluding carboxylic acids is 2. The van der Waals surface area contributed by atoms with Crippen molar-refractivity contribution in [2.45, 2.75) is 20.8 Å². The van der Waals surface area contributed by atoms with Gasteiger partial charge in [0, 0.05) is 11.1 Å². The van der Waals surface area contributed by atoms with Crippen LogP contribution < -0.4 is 10.1 Å². The predicted molar refractivity (Wildman–Crippen MR) is 95.9 cm³/mol. The standard InChI is InChI=1S/C20H21NO3/c1-13(2)12-24-19-9-8-16(15(4)22)11-18(19)21-20(23)17-7-5-6-14(3)10-17/h5-11H,1,12H2,2-4H3,(H,21,23). The summed E-state index contributed by atoms with van der Waals surface area (Å²) in [5.41, 5.74) is 3.39. The van der Waals surface area contributed by atoms with Crippen molar-refractivity contribution >= 4 is 17.4 Å². The summed E-state index contributed by atoms with van der Waals surface area (Å²) < 4.78 is 5.67. The van der Waals surface area contributed by atoms with Gasteiger partial charge in [-0.05, 0) is 56.7 Å². The largest absolute Gasteiger partial charge is 0.487 e. The molecule has 0 aromatic heterocycles. The van der Waals surface area contributed by atoms with Crippen LogP contribution in [0.15, 0.2) is 54.6 Å². The highest BCUT2D eigenvalue weighted by Crippen LogP contribution is 2.27. The van der Waals surface area contributed by atoms with Crippen LogP contribution in [0.2, 0.25) is 0 Å². The third-order valence-corrected chi connectivity index (χ3v) is 3.39. The first-order valence-electron chi connectivity index (χ1n) is 7.67. The van der Waals surface area contributed by atoms with Gasteiger partial charge in [-0.2, -0.15) is 0 Å². The molecule has 0 saturated carbocycles. The van der Waals surface area contributed by atoms with Crippen molar-refractivity contribution < 1.29 is 14.3 Å². The van der Waals surface area contributed by atoms with Crippen LogP contribution in [-0.2, 0) is 0 Å². The maximum Gasteiger partial charge on any atom is 0.255 e. The first kappa shape index (κ1) is 17.5. The average molecular weight is 323 g/mol. The second-order valence-electron chi connectivity index (χ2n) is 5.84. The molecule has 0 spiro atoms. The fraction of sp³-hybridized carbons (Fsp3) is 0.200. The van der Waals surface area contributed by atoms with E-state index in [1.165, 1.54) is 6.92 Å². The zero-order valence-electron chi connectivity index (χ0n) is 14.2. The quantitative estimate of drug-likeness (QED) is 0.633. The molecular weight excluding hydrogens is 302 g/mol. The summed E-state index contributed by atoms with van der Waals surface area (Å²) >= 11 is 0. The van der Waals surface area contributed by atoms with Gasteiger partial charge < -0.3 is 10.1 Å². The smallest absolute Gasteiger partial charge is 0.255 e. The number of anilines is 1. The summed E-state index contributed by atoms with van der Waals surface area (Å²) in [6, 6.07) is 12.3. The lowest BCUT2D eigenvalue weighted by atomic mass is 10.1. The molecule has 0 unspecified atom stereocenters. The van der Waals surface area contributed by atoms with Crippen LogP contribution in [0.5, 0.6) is 5.75 Å². The van der Waals surface area contributed by atoms with Crippen molar-refractivity contribution in [2.75, 3.05) is 11.9 Å². The van der Waals surface area contributed by atoms with Gasteiger partial charge in [0.2, 0.25) is 0 Å². The molecule has 4 nitrogen and oxygen atoms in total. The zero-order chi connectivity index (χ0) is 17.7. The van der Waals surface area contributed by atoms with Crippen LogP contribution in [-0.4, -0.2) is 18.3 Å². The Bertz CT molecular complexity index is 793. The third kappa shape index (κ3) is 4.56. The highest BCUT2D eigenvalue weighted by Gasteiger charge is 2.13. The molecule has 0 aliphatic rings. The molecule has 1 N–H and O–H groups in total. The topological polar surface area (TPSA) is 55.4 Å². The Morgan fingerprint density at radius 1 is 1.08 bits per heavy atom. The normalized spacial score (nSPS) is 10.1. The predicted octanol–water partition coefficient (Wildman–Crippen LogP) is 4.40. The SMILES string of the molecule is C=C(C)COc1ccc(C(C)=O)cc1NC(=O)c1cccc(C)c1. The second-order valence-corrected chi connectivity index (χ2v) is 5.84. The Morgan fingerprint density at radius 2 is 1.83 bits per heavy atom. The van der Waals surface area contributed by atoms with Crippen LogP contribution in [0.4, 0.5) is 5.69 Å². The molecule has 0 radical (unpaired) electrons. The number of aryl methyl sites for hydroxylation is 1. The fourth-order valence-corrected chi connectivity index (χ4v) is 2.15. The third-order valence-electron chi connectivity index (χ3n) is 3.39. The van der Waals surface area contributed by atoms with E-state index in [9.17, 15) is 9.59 Å². The van der Waals surface area contributed by atoms with Gasteiger partial charge in [-0.1, -0.05) is 24.3 Å². The van der Waals surface area contributed by atoms with E-state index in [0.717, 1.165) is 11.1 Å². The lowest BCUT2D eigenvalue weighted by molar-refractivity contribution is 0.101. The highest BCUT2D eigenvalue weighted by atomic mass is 16.5. The average Bonchev–Trinajstić information content (AvgIpc) is 2.53. The molecule has 0 bridgehead atoms. The van der Waals surface area contributed by atoms with E-state index in [0.29, 0.717) is 29.2 Å². The van der Waals surface area contributed by atoms with E-state index in [1.807, 2.05) is 26.0 Å². The van der Waals surface area contributed by atoms with Gasteiger partial charge in [0.25, 0.3) is 5.91 Å². The molecule has 0 aliphatic carbocycles. The van der Waals surface area contributed by atoms with Gasteiger partial charge in [0.15, 0.2) is 5.78 Å². The number of nitrogens with one attached hydrogen (secondary N) is 1. The molecule has 124 valence electrons. The summed E-state index contributed by atoms with van der Waals surface area (Å²) in [5.74, 6) is 0.177. The van der Waals surface area contributed by atoms with Gasteiger partial charge in [0.1, 0.15) is 12.4 Å². The van der Waals surface area contributed by atoms with Gasteiger partial charge in [-0.3, -0.25) is 9.59 Å². The molecule has 0 heterocycles. The molecule has 0 fully saturated rings. The Balaban J connectivity index is 2.31. The van der Waals surface area contributed by atoms with Crippen LogP contribution in [0.1, 0.15) is 40.1 Å². The second kappa shape index (κ2) is 7.59. The molecule has 2 aromatic carbocycles. The number of Topliss-reactive ketones (excluding diaryl/α,β-unsaturated/α-hetero) is 1. The van der Waals surface area contributed by atoms with Crippen LogP contribution in [0.25, 0.3) is 0 Å². The Morgan fingerprint density at radius 3 is 2.46 bits per heavy atom. The summed E-state index contributed by atoms with van der Waals surface area (Å²) in [7, 11) is 0. The number of amides is 1. The fourth-order valence-electron chi connectivity index (χ4n) is 2.15. The minimum absolute atomic E-state index is 0.0764. The summed E-state index contributed by atoms with van der Waals surface area (Å²) in [5, 5.41) is 2.83. The zero-order valence-corrected chi connectivity index (χ0v) is 14.2. The van der Waals surface area contributed by atoms with Crippen molar-refractivity contribution in [3.8, 4) is 5.75 Å². The van der Waals surface area contributed by atoms with Crippen LogP contribution in [0.3, 0.4) is 0 Å². The first-order valence-corrected chi connectivity index (χ1v) is 7.67. The number of benzene rings is 2. The Hall–Kier alpha value is -2.88. The molecule has 24 heavy (non-hydrogen) atoms. The number of rotatable bonds is 6. The lowest BCUT2D eigenvalue weighted by Crippen LogP contribution is -2.14. The number of carbonyl (C=O) groups is 2. The van der Waals surface area contributed by atoms with Crippen molar-refractivity contribution in [3.05, 3.63) is 71.3 Å². The molecule has 2 rings (SSSR count). The molecule has 0 saturated heterocycles. The molecule has 4 heteroatoms. The van der Waals surface area contributed by atoms with Crippen molar-refractivity contribution in [1.82, 2.24) is 0 Å². The van der Waals surface area contributed by atoms with Gasteiger partial charge in [0.05, 0.1) is 5.69 Å². The summed E-state index contributed by atoms with van der Waals surface area (Å²) in [6.45, 7) is 9.40. The monoisotopic (exact) mass is 323 g/mol. The number of ether oxygens (including phenoxy) is 1.